The number of pyridine rings is 1. The van der Waals surface area contributed by atoms with Crippen LogP contribution in [-0.4, -0.2) is 62.1 Å². The molecule has 2 N–H and O–H groups in total. The second kappa shape index (κ2) is 10.4. The van der Waals surface area contributed by atoms with E-state index in [0.717, 1.165) is 18.4 Å². The minimum Gasteiger partial charge on any atom is -0.438 e. The molecule has 3 aliphatic rings. The molecule has 6 rings (SSSR count). The van der Waals surface area contributed by atoms with Crippen molar-refractivity contribution in [1.29, 1.82) is 0 Å². The fourth-order valence-corrected chi connectivity index (χ4v) is 6.28. The summed E-state index contributed by atoms with van der Waals surface area (Å²) < 4.78 is 5.71. The quantitative estimate of drug-likeness (QED) is 0.453. The van der Waals surface area contributed by atoms with E-state index in [1.165, 1.54) is 35.1 Å². The summed E-state index contributed by atoms with van der Waals surface area (Å²) in [6.45, 7) is 4.62. The Hall–Kier alpha value is -4.45. The molecule has 2 aromatic heterocycles. The molecule has 0 radical (unpaired) electrons. The lowest BCUT2D eigenvalue weighted by Gasteiger charge is -2.35. The van der Waals surface area contributed by atoms with E-state index in [4.69, 9.17) is 4.74 Å². The van der Waals surface area contributed by atoms with E-state index in [0.29, 0.717) is 41.3 Å². The van der Waals surface area contributed by atoms with Crippen LogP contribution >= 0.6 is 11.8 Å². The first kappa shape index (κ1) is 24.9. The highest BCUT2D eigenvalue weighted by Crippen LogP contribution is 2.50. The van der Waals surface area contributed by atoms with Crippen molar-refractivity contribution in [2.45, 2.75) is 35.2 Å². The average molecular weight is 544 g/mol. The highest BCUT2D eigenvalue weighted by atomic mass is 32.2. The second-order valence-corrected chi connectivity index (χ2v) is 10.4. The van der Waals surface area contributed by atoms with Gasteiger partial charge in [-0.1, -0.05) is 36.5 Å². The lowest BCUT2D eigenvalue weighted by Crippen LogP contribution is -2.53. The minimum absolute atomic E-state index is 0.146. The molecule has 1 aromatic carbocycles. The second-order valence-electron chi connectivity index (χ2n) is 9.31. The van der Waals surface area contributed by atoms with Crippen LogP contribution in [0.5, 0.6) is 11.6 Å². The number of rotatable bonds is 6. The Morgan fingerprint density at radius 1 is 1.15 bits per heavy atom. The van der Waals surface area contributed by atoms with Crippen LogP contribution < -0.4 is 20.3 Å². The van der Waals surface area contributed by atoms with Crippen molar-refractivity contribution in [2.75, 3.05) is 18.0 Å². The summed E-state index contributed by atoms with van der Waals surface area (Å²) >= 11 is 1.32. The zero-order valence-corrected chi connectivity index (χ0v) is 21.6. The number of nitrogens with one attached hydrogen (secondary N) is 2. The van der Waals surface area contributed by atoms with Crippen molar-refractivity contribution in [3.8, 4) is 11.6 Å². The van der Waals surface area contributed by atoms with Crippen molar-refractivity contribution >= 4 is 41.1 Å². The summed E-state index contributed by atoms with van der Waals surface area (Å²) in [7, 11) is 0. The van der Waals surface area contributed by atoms with Gasteiger partial charge in [-0.3, -0.25) is 9.59 Å². The molecule has 1 saturated heterocycles. The zero-order valence-electron chi connectivity index (χ0n) is 20.8. The highest BCUT2D eigenvalue weighted by Gasteiger charge is 2.47. The Morgan fingerprint density at radius 3 is 2.77 bits per heavy atom. The van der Waals surface area contributed by atoms with Crippen molar-refractivity contribution in [3.05, 3.63) is 73.2 Å². The zero-order chi connectivity index (χ0) is 26.9. The summed E-state index contributed by atoms with van der Waals surface area (Å²) in [4.78, 5) is 55.1. The normalized spacial score (nSPS) is 21.5. The van der Waals surface area contributed by atoms with E-state index >= 15 is 0 Å². The monoisotopic (exact) mass is 543 g/mol. The van der Waals surface area contributed by atoms with Gasteiger partial charge in [-0.2, -0.15) is 0 Å². The van der Waals surface area contributed by atoms with Crippen LogP contribution in [0.4, 0.5) is 16.3 Å². The largest absolute Gasteiger partial charge is 0.438 e. The number of hydrogen-bond acceptors (Lipinski definition) is 8. The molecular weight excluding hydrogens is 518 g/mol. The summed E-state index contributed by atoms with van der Waals surface area (Å²) in [5.74, 6) is 0.880. The van der Waals surface area contributed by atoms with E-state index in [1.807, 2.05) is 30.3 Å². The number of piperidine rings is 1. The molecule has 0 spiro atoms. The number of anilines is 2. The summed E-state index contributed by atoms with van der Waals surface area (Å²) in [6, 6.07) is 9.81. The topological polar surface area (TPSA) is 130 Å². The third-order valence-electron chi connectivity index (χ3n) is 6.83. The van der Waals surface area contributed by atoms with Crippen molar-refractivity contribution in [2.24, 2.45) is 0 Å². The molecule has 5 heterocycles. The maximum absolute atomic E-state index is 13.4. The molecule has 1 fully saturated rings. The van der Waals surface area contributed by atoms with Crippen LogP contribution in [0.2, 0.25) is 0 Å². The van der Waals surface area contributed by atoms with Gasteiger partial charge in [0.1, 0.15) is 16.0 Å². The first-order chi connectivity index (χ1) is 19.0. The minimum atomic E-state index is -0.599. The van der Waals surface area contributed by atoms with Crippen molar-refractivity contribution in [3.63, 3.8) is 0 Å². The molecule has 0 aliphatic carbocycles. The SMILES string of the molecule is C=CC(=O)N1CCCC(NC(=O)[C@@H]2Sc3nccc4c3C2NC(=O)N4c2cnc(Oc3ccccc3)cn2)C1. The van der Waals surface area contributed by atoms with Crippen LogP contribution in [0.3, 0.4) is 0 Å². The molecule has 0 bridgehead atoms. The number of nitrogens with zero attached hydrogens (tertiary/aromatic N) is 5. The number of likely N-dealkylation sites (tertiary alicyclic amines) is 1. The Labute approximate surface area is 228 Å². The Bertz CT molecular complexity index is 1440. The van der Waals surface area contributed by atoms with Crippen LogP contribution in [0.1, 0.15) is 24.4 Å². The molecule has 12 heteroatoms. The molecule has 3 aromatic rings. The Kier molecular flexibility index (Phi) is 6.61. The van der Waals surface area contributed by atoms with E-state index in [1.54, 1.807) is 17.2 Å². The van der Waals surface area contributed by atoms with Gasteiger partial charge in [0.2, 0.25) is 17.7 Å². The molecule has 2 unspecified atom stereocenters. The maximum atomic E-state index is 13.4. The van der Waals surface area contributed by atoms with Gasteiger partial charge >= 0.3 is 6.03 Å². The van der Waals surface area contributed by atoms with Gasteiger partial charge in [-0.25, -0.2) is 24.6 Å². The number of carbonyl (C=O) groups excluding carboxylic acids is 3. The first-order valence-electron chi connectivity index (χ1n) is 12.5. The molecule has 4 amide bonds. The van der Waals surface area contributed by atoms with Crippen molar-refractivity contribution < 1.29 is 19.1 Å². The van der Waals surface area contributed by atoms with E-state index in [2.05, 4.69) is 32.2 Å². The molecule has 198 valence electrons. The maximum Gasteiger partial charge on any atom is 0.328 e. The molecule has 39 heavy (non-hydrogen) atoms. The number of carbonyl (C=O) groups is 3. The predicted molar refractivity (Wildman–Crippen MR) is 144 cm³/mol. The van der Waals surface area contributed by atoms with Crippen LogP contribution in [0, 0.1) is 0 Å². The van der Waals surface area contributed by atoms with Crippen LogP contribution in [-0.2, 0) is 9.59 Å². The summed E-state index contributed by atoms with van der Waals surface area (Å²) in [6.07, 6.45) is 7.39. The van der Waals surface area contributed by atoms with Gasteiger partial charge in [0.15, 0.2) is 5.82 Å². The number of hydrogen-bond donors (Lipinski definition) is 2. The van der Waals surface area contributed by atoms with Crippen molar-refractivity contribution in [1.82, 2.24) is 30.5 Å². The fourth-order valence-electron chi connectivity index (χ4n) is 5.05. The van der Waals surface area contributed by atoms with Gasteiger partial charge in [0, 0.05) is 30.9 Å². The number of para-hydroxylation sites is 1. The summed E-state index contributed by atoms with van der Waals surface area (Å²) in [5.41, 5.74) is 1.36. The Balaban J connectivity index is 1.20. The lowest BCUT2D eigenvalue weighted by atomic mass is 9.99. The third kappa shape index (κ3) is 4.78. The highest BCUT2D eigenvalue weighted by molar-refractivity contribution is 8.01. The smallest absolute Gasteiger partial charge is 0.328 e. The van der Waals surface area contributed by atoms with Crippen LogP contribution in [0.15, 0.2) is 72.7 Å². The Morgan fingerprint density at radius 2 is 2.00 bits per heavy atom. The molecule has 11 nitrogen and oxygen atoms in total. The average Bonchev–Trinajstić information content (AvgIpc) is 3.33. The van der Waals surface area contributed by atoms with E-state index < -0.39 is 17.3 Å². The molecule has 3 aliphatic heterocycles. The number of urea groups is 1. The summed E-state index contributed by atoms with van der Waals surface area (Å²) in [5, 5.41) is 6.12. The first-order valence-corrected chi connectivity index (χ1v) is 13.4. The third-order valence-corrected chi connectivity index (χ3v) is 8.12. The fraction of sp³-hybridized carbons (Fsp3) is 0.259. The van der Waals surface area contributed by atoms with Gasteiger partial charge in [-0.15, -0.1) is 0 Å². The predicted octanol–water partition coefficient (Wildman–Crippen LogP) is 3.33. The van der Waals surface area contributed by atoms with Gasteiger partial charge < -0.3 is 20.3 Å². The number of aromatic nitrogens is 3. The molecular formula is C27H25N7O4S. The molecule has 3 atom stereocenters. The van der Waals surface area contributed by atoms with E-state index in [-0.39, 0.29) is 17.9 Å². The lowest BCUT2D eigenvalue weighted by molar-refractivity contribution is -0.129. The van der Waals surface area contributed by atoms with E-state index in [9.17, 15) is 14.4 Å². The standard InChI is InChI=1S/C27H25N7O4S/c1-2-21(35)33-12-6-7-16(15-33)31-25(36)24-23-22-18(10-11-28-26(22)39-24)34(27(37)32-23)19-13-30-20(14-29-19)38-17-8-4-3-5-9-17/h2-5,8-11,13-14,16,23-24H,1,6-7,12,15H2,(H,31,36)(H,32,37)/t16?,23?,24-/m1/s1. The molecule has 0 saturated carbocycles. The number of benzene rings is 1. The number of thioether (sulfide) groups is 1. The van der Waals surface area contributed by atoms with Gasteiger partial charge in [0.05, 0.1) is 24.1 Å². The number of ether oxygens (including phenoxy) is 1. The van der Waals surface area contributed by atoms with Gasteiger partial charge in [0.25, 0.3) is 0 Å². The van der Waals surface area contributed by atoms with Gasteiger partial charge in [-0.05, 0) is 37.1 Å². The van der Waals surface area contributed by atoms with Crippen LogP contribution in [0.25, 0.3) is 0 Å². The number of amides is 4.